The second-order valence-electron chi connectivity index (χ2n) is 5.61. The molecule has 1 aliphatic heterocycles. The molecule has 0 radical (unpaired) electrons. The van der Waals surface area contributed by atoms with Crippen LogP contribution < -0.4 is 5.73 Å². The second kappa shape index (κ2) is 7.54. The molecule has 1 aromatic rings. The second-order valence-corrected chi connectivity index (χ2v) is 6.70. The van der Waals surface area contributed by atoms with Gasteiger partial charge >= 0.3 is 0 Å². The standard InChI is InChI=1S/C15H22F2N2OS/c1-20-11-15(17)9-19(10-15)7-6-13(18)8-21-14-4-2-12(16)3-5-14/h2-5,13H,6-11,18H2,1H3/t13-/m1/s1. The Morgan fingerprint density at radius 3 is 2.67 bits per heavy atom. The zero-order valence-corrected chi connectivity index (χ0v) is 13.0. The number of benzene rings is 1. The van der Waals surface area contributed by atoms with Gasteiger partial charge in [0.05, 0.1) is 6.61 Å². The summed E-state index contributed by atoms with van der Waals surface area (Å²) in [7, 11) is 1.52. The summed E-state index contributed by atoms with van der Waals surface area (Å²) in [5.41, 5.74) is 4.89. The minimum Gasteiger partial charge on any atom is -0.381 e. The predicted octanol–water partition coefficient (Wildman–Crippen LogP) is 2.31. The van der Waals surface area contributed by atoms with Crippen LogP contribution in [0.1, 0.15) is 6.42 Å². The van der Waals surface area contributed by atoms with Gasteiger partial charge in [-0.25, -0.2) is 8.78 Å². The molecule has 0 unspecified atom stereocenters. The number of methoxy groups -OCH3 is 1. The first kappa shape index (κ1) is 16.7. The van der Waals surface area contributed by atoms with Crippen molar-refractivity contribution < 1.29 is 13.5 Å². The quantitative estimate of drug-likeness (QED) is 0.747. The average Bonchev–Trinajstić information content (AvgIpc) is 2.42. The Hall–Kier alpha value is -0.690. The molecule has 1 fully saturated rings. The fourth-order valence-corrected chi connectivity index (χ4v) is 3.33. The van der Waals surface area contributed by atoms with Crippen LogP contribution in [0.3, 0.4) is 0 Å². The van der Waals surface area contributed by atoms with E-state index in [0.29, 0.717) is 13.1 Å². The first-order valence-electron chi connectivity index (χ1n) is 7.05. The number of likely N-dealkylation sites (tertiary alicyclic amines) is 1. The molecule has 118 valence electrons. The van der Waals surface area contributed by atoms with Crippen LogP contribution in [0.4, 0.5) is 8.78 Å². The lowest BCUT2D eigenvalue weighted by molar-refractivity contribution is -0.0773. The van der Waals surface area contributed by atoms with Crippen molar-refractivity contribution in [1.82, 2.24) is 4.90 Å². The first-order valence-corrected chi connectivity index (χ1v) is 8.03. The normalized spacial score (nSPS) is 19.2. The molecule has 0 amide bonds. The zero-order valence-electron chi connectivity index (χ0n) is 12.2. The molecule has 2 rings (SSSR count). The molecule has 3 nitrogen and oxygen atoms in total. The maximum absolute atomic E-state index is 13.9. The summed E-state index contributed by atoms with van der Waals surface area (Å²) < 4.78 is 31.5. The number of nitrogens with zero attached hydrogens (tertiary/aromatic N) is 1. The van der Waals surface area contributed by atoms with Crippen LogP contribution in [0.5, 0.6) is 0 Å². The molecular weight excluding hydrogens is 294 g/mol. The Bertz CT molecular complexity index is 438. The Morgan fingerprint density at radius 1 is 1.38 bits per heavy atom. The number of halogens is 2. The number of rotatable bonds is 8. The van der Waals surface area contributed by atoms with Crippen LogP contribution in [0.2, 0.25) is 0 Å². The molecule has 0 aliphatic carbocycles. The van der Waals surface area contributed by atoms with Gasteiger partial charge in [0.25, 0.3) is 0 Å². The van der Waals surface area contributed by atoms with Gasteiger partial charge in [0, 0.05) is 36.9 Å². The predicted molar refractivity (Wildman–Crippen MR) is 81.9 cm³/mol. The van der Waals surface area contributed by atoms with Gasteiger partial charge < -0.3 is 10.5 Å². The molecule has 6 heteroatoms. The molecular formula is C15H22F2N2OS. The topological polar surface area (TPSA) is 38.5 Å². The van der Waals surface area contributed by atoms with Crippen LogP contribution in [0.25, 0.3) is 0 Å². The highest BCUT2D eigenvalue weighted by Crippen LogP contribution is 2.26. The average molecular weight is 316 g/mol. The maximum atomic E-state index is 13.9. The molecule has 1 aliphatic rings. The van der Waals surface area contributed by atoms with Gasteiger partial charge in [0.2, 0.25) is 0 Å². The van der Waals surface area contributed by atoms with Crippen molar-refractivity contribution in [3.05, 3.63) is 30.1 Å². The monoisotopic (exact) mass is 316 g/mol. The Kier molecular flexibility index (Phi) is 5.98. The molecule has 0 aromatic heterocycles. The van der Waals surface area contributed by atoms with Crippen LogP contribution in [0.15, 0.2) is 29.2 Å². The van der Waals surface area contributed by atoms with Crippen LogP contribution >= 0.6 is 11.8 Å². The van der Waals surface area contributed by atoms with Crippen molar-refractivity contribution in [2.45, 2.75) is 23.0 Å². The number of thioether (sulfide) groups is 1. The van der Waals surface area contributed by atoms with E-state index < -0.39 is 5.67 Å². The minimum absolute atomic E-state index is 0.0529. The van der Waals surface area contributed by atoms with E-state index in [9.17, 15) is 8.78 Å². The van der Waals surface area contributed by atoms with Gasteiger partial charge in [-0.3, -0.25) is 4.90 Å². The van der Waals surface area contributed by atoms with Gasteiger partial charge in [0.15, 0.2) is 5.67 Å². The van der Waals surface area contributed by atoms with Gasteiger partial charge in [-0.15, -0.1) is 11.8 Å². The van der Waals surface area contributed by atoms with E-state index in [4.69, 9.17) is 10.5 Å². The van der Waals surface area contributed by atoms with Crippen LogP contribution in [-0.2, 0) is 4.74 Å². The van der Waals surface area contributed by atoms with Crippen molar-refractivity contribution in [3.8, 4) is 0 Å². The molecule has 21 heavy (non-hydrogen) atoms. The summed E-state index contributed by atoms with van der Waals surface area (Å²) in [5, 5.41) is 0. The molecule has 1 heterocycles. The summed E-state index contributed by atoms with van der Waals surface area (Å²) in [6, 6.07) is 6.46. The number of hydrogen-bond acceptors (Lipinski definition) is 4. The van der Waals surface area contributed by atoms with Crippen LogP contribution in [0, 0.1) is 5.82 Å². The van der Waals surface area contributed by atoms with Gasteiger partial charge in [-0.05, 0) is 37.2 Å². The third kappa shape index (κ3) is 5.21. The lowest BCUT2D eigenvalue weighted by atomic mass is 9.97. The summed E-state index contributed by atoms with van der Waals surface area (Å²) in [6.45, 7) is 1.83. The number of ether oxygens (including phenoxy) is 1. The molecule has 1 atom stereocenters. The summed E-state index contributed by atoms with van der Waals surface area (Å²) in [5.74, 6) is 0.547. The highest BCUT2D eigenvalue weighted by molar-refractivity contribution is 7.99. The molecule has 0 spiro atoms. The largest absolute Gasteiger partial charge is 0.381 e. The highest BCUT2D eigenvalue weighted by atomic mass is 32.2. The Balaban J connectivity index is 1.60. The van der Waals surface area contributed by atoms with E-state index in [0.717, 1.165) is 23.6 Å². The molecule has 0 saturated carbocycles. The number of nitrogens with two attached hydrogens (primary N) is 1. The van der Waals surface area contributed by atoms with Crippen molar-refractivity contribution in [3.63, 3.8) is 0 Å². The molecule has 1 saturated heterocycles. The smallest absolute Gasteiger partial charge is 0.159 e. The van der Waals surface area contributed by atoms with Gasteiger partial charge in [-0.1, -0.05) is 0 Å². The summed E-state index contributed by atoms with van der Waals surface area (Å²) in [6.07, 6.45) is 0.831. The SMILES string of the molecule is COCC1(F)CN(CC[C@@H](N)CSc2ccc(F)cc2)C1. The summed E-state index contributed by atoms with van der Waals surface area (Å²) >= 11 is 1.62. The summed E-state index contributed by atoms with van der Waals surface area (Å²) in [4.78, 5) is 3.07. The first-order chi connectivity index (χ1) is 10.0. The zero-order chi connectivity index (χ0) is 15.3. The Labute approximate surface area is 128 Å². The van der Waals surface area contributed by atoms with Crippen molar-refractivity contribution in [2.75, 3.05) is 39.1 Å². The fraction of sp³-hybridized carbons (Fsp3) is 0.600. The lowest BCUT2D eigenvalue weighted by Gasteiger charge is -2.44. The van der Waals surface area contributed by atoms with E-state index >= 15 is 0 Å². The molecule has 0 bridgehead atoms. The van der Waals surface area contributed by atoms with Crippen LogP contribution in [-0.4, -0.2) is 55.7 Å². The Morgan fingerprint density at radius 2 is 2.05 bits per heavy atom. The minimum atomic E-state index is -1.18. The van der Waals surface area contributed by atoms with E-state index in [1.807, 2.05) is 0 Å². The lowest BCUT2D eigenvalue weighted by Crippen LogP contribution is -2.61. The third-order valence-electron chi connectivity index (χ3n) is 3.51. The fourth-order valence-electron chi connectivity index (χ4n) is 2.43. The van der Waals surface area contributed by atoms with E-state index in [2.05, 4.69) is 4.90 Å². The van der Waals surface area contributed by atoms with E-state index in [1.165, 1.54) is 19.2 Å². The van der Waals surface area contributed by atoms with Crippen molar-refractivity contribution >= 4 is 11.8 Å². The van der Waals surface area contributed by atoms with Crippen molar-refractivity contribution in [2.24, 2.45) is 5.73 Å². The maximum Gasteiger partial charge on any atom is 0.159 e. The number of alkyl halides is 1. The van der Waals surface area contributed by atoms with E-state index in [-0.39, 0.29) is 18.5 Å². The highest BCUT2D eigenvalue weighted by Gasteiger charge is 2.43. The molecule has 2 N–H and O–H groups in total. The molecule has 1 aromatic carbocycles. The number of hydrogen-bond donors (Lipinski definition) is 1. The van der Waals surface area contributed by atoms with E-state index in [1.54, 1.807) is 23.9 Å². The van der Waals surface area contributed by atoms with Gasteiger partial charge in [-0.2, -0.15) is 0 Å². The van der Waals surface area contributed by atoms with Crippen molar-refractivity contribution in [1.29, 1.82) is 0 Å². The third-order valence-corrected chi connectivity index (χ3v) is 4.71. The van der Waals surface area contributed by atoms with Gasteiger partial charge in [0.1, 0.15) is 5.82 Å².